The number of carboxylic acid groups (broad SMARTS) is 1. The van der Waals surface area contributed by atoms with Crippen LogP contribution in [0.5, 0.6) is 0 Å². The van der Waals surface area contributed by atoms with Crippen molar-refractivity contribution in [1.29, 1.82) is 0 Å². The van der Waals surface area contributed by atoms with E-state index >= 15 is 0 Å². The third kappa shape index (κ3) is 6.72. The van der Waals surface area contributed by atoms with Crippen molar-refractivity contribution >= 4 is 44.0 Å². The van der Waals surface area contributed by atoms with Crippen LogP contribution in [0, 0.1) is 0 Å². The van der Waals surface area contributed by atoms with Crippen LogP contribution in [0.4, 0.5) is 0 Å². The number of nitrogens with zero attached hydrogens (tertiary/aromatic N) is 1. The molecule has 2 rings (SSSR count). The highest BCUT2D eigenvalue weighted by Crippen LogP contribution is 2.38. The van der Waals surface area contributed by atoms with Crippen LogP contribution in [-0.2, 0) is 44.8 Å². The molecule has 1 aliphatic rings. The molecule has 19 heteroatoms. The van der Waals surface area contributed by atoms with Gasteiger partial charge in [-0.1, -0.05) is 0 Å². The normalized spacial score (nSPS) is 24.7. The summed E-state index contributed by atoms with van der Waals surface area (Å²) >= 11 is 4.63. The van der Waals surface area contributed by atoms with Crippen molar-refractivity contribution in [3.63, 3.8) is 0 Å². The number of hydrogen-bond acceptors (Lipinski definition) is 10. The van der Waals surface area contributed by atoms with E-state index in [4.69, 9.17) is 23.8 Å². The first-order valence-corrected chi connectivity index (χ1v) is 12.9. The van der Waals surface area contributed by atoms with Crippen molar-refractivity contribution in [2.45, 2.75) is 37.0 Å². The lowest BCUT2D eigenvalue weighted by Crippen LogP contribution is -2.50. The molecule has 0 radical (unpaired) electrons. The minimum Gasteiger partial charge on any atom is -0.480 e. The Morgan fingerprint density at radius 3 is 2.48 bits per heavy atom. The quantitative estimate of drug-likeness (QED) is 0.165. The maximum atomic E-state index is 12.8. The Hall–Kier alpha value is -2.07. The van der Waals surface area contributed by atoms with Gasteiger partial charge < -0.3 is 39.1 Å². The van der Waals surface area contributed by atoms with E-state index in [1.165, 1.54) is 0 Å². The highest BCUT2D eigenvalue weighted by molar-refractivity contribution is 8.00. The molecule has 6 N–H and O–H groups in total. The molecular weight excluding hydrogens is 512 g/mol. The van der Waals surface area contributed by atoms with Crippen LogP contribution >= 0.6 is 14.7 Å². The Bertz CT molecular complexity index is 1110. The standard InChI is InChI=1S/C14H19N3O13P2S/c1-28-10-8(30-31(24)33)9(29-12(10)17-3-2-6(18)16-14(17)23)11(20)15-5(13(21)22)4-7(19)32(25,26)27/h2-3,5,8-10,12,31H,4H2,1H3,(H,15,20)(H,21,22)(H,24,33)(H,16,18,23)(H2,25,26,27)/t5-,8?,9+,10+,12-/m1/s1. The number of aromatic nitrogens is 2. The number of carbonyl (C=O) groups is 3. The van der Waals surface area contributed by atoms with Gasteiger partial charge in [-0.15, -0.1) is 0 Å². The number of H-pyrrole nitrogens is 1. The molecule has 1 amide bonds. The van der Waals surface area contributed by atoms with Crippen molar-refractivity contribution in [2.24, 2.45) is 0 Å². The highest BCUT2D eigenvalue weighted by atomic mass is 32.4. The van der Waals surface area contributed by atoms with Crippen LogP contribution in [0.2, 0.25) is 0 Å². The van der Waals surface area contributed by atoms with Crippen LogP contribution in [0.3, 0.4) is 0 Å². The smallest absolute Gasteiger partial charge is 0.391 e. The summed E-state index contributed by atoms with van der Waals surface area (Å²) in [6.07, 6.45) is -6.10. The molecule has 0 saturated carbocycles. The van der Waals surface area contributed by atoms with Gasteiger partial charge in [0.05, 0.1) is 0 Å². The van der Waals surface area contributed by atoms with Gasteiger partial charge in [-0.2, -0.15) is 0 Å². The van der Waals surface area contributed by atoms with E-state index < -0.39 is 80.4 Å². The number of aromatic amines is 1. The first-order chi connectivity index (χ1) is 15.3. The third-order valence-electron chi connectivity index (χ3n) is 4.40. The van der Waals surface area contributed by atoms with Crippen LogP contribution in [-0.4, -0.2) is 78.2 Å². The van der Waals surface area contributed by atoms with E-state index in [9.17, 15) is 38.5 Å². The van der Waals surface area contributed by atoms with Crippen molar-refractivity contribution < 1.29 is 52.7 Å². The molecule has 0 aliphatic carbocycles. The molecule has 2 heterocycles. The van der Waals surface area contributed by atoms with Crippen LogP contribution in [0.25, 0.3) is 0 Å². The van der Waals surface area contributed by atoms with E-state index in [-0.39, 0.29) is 0 Å². The fourth-order valence-corrected chi connectivity index (χ4v) is 4.19. The zero-order valence-corrected chi connectivity index (χ0v) is 19.2. The van der Waals surface area contributed by atoms with E-state index in [2.05, 4.69) is 11.8 Å². The molecule has 184 valence electrons. The van der Waals surface area contributed by atoms with Gasteiger partial charge in [-0.25, -0.2) is 9.59 Å². The SMILES string of the molecule is CO[C@H]1C(O[PH](O)=S)[C@@H](C(=O)N[C@H](CC(=O)P(=O)(O)O)C(=O)O)O[C@H]1n1ccc(=O)[nH]c1=O. The van der Waals surface area contributed by atoms with E-state index in [0.29, 0.717) is 0 Å². The summed E-state index contributed by atoms with van der Waals surface area (Å²) in [6, 6.07) is -1.08. The number of amides is 1. The Labute approximate surface area is 189 Å². The molecule has 0 aromatic carbocycles. The maximum absolute atomic E-state index is 12.8. The molecule has 2 unspecified atom stereocenters. The molecule has 6 atom stereocenters. The number of ether oxygens (including phenoxy) is 2. The first kappa shape index (κ1) is 27.2. The summed E-state index contributed by atoms with van der Waals surface area (Å²) in [4.78, 5) is 88.5. The molecule has 1 fully saturated rings. The van der Waals surface area contributed by atoms with Crippen molar-refractivity contribution in [3.05, 3.63) is 33.1 Å². The lowest BCUT2D eigenvalue weighted by Gasteiger charge is -2.23. The summed E-state index contributed by atoms with van der Waals surface area (Å²) in [5.74, 6) is -3.02. The molecular formula is C14H19N3O13P2S. The van der Waals surface area contributed by atoms with Crippen molar-refractivity contribution in [3.8, 4) is 0 Å². The Kier molecular flexibility index (Phi) is 8.98. The first-order valence-electron chi connectivity index (χ1n) is 8.77. The van der Waals surface area contributed by atoms with Crippen molar-refractivity contribution in [1.82, 2.24) is 14.9 Å². The molecule has 33 heavy (non-hydrogen) atoms. The van der Waals surface area contributed by atoms with Gasteiger partial charge >= 0.3 is 19.3 Å². The molecule has 0 spiro atoms. The maximum Gasteiger partial charge on any atom is 0.391 e. The van der Waals surface area contributed by atoms with Gasteiger partial charge in [0.15, 0.2) is 19.5 Å². The summed E-state index contributed by atoms with van der Waals surface area (Å²) in [6.45, 7) is 0. The van der Waals surface area contributed by atoms with Gasteiger partial charge in [0.1, 0.15) is 18.2 Å². The third-order valence-corrected chi connectivity index (χ3v) is 6.00. The second kappa shape index (κ2) is 10.9. The fourth-order valence-electron chi connectivity index (χ4n) is 2.95. The number of nitrogens with one attached hydrogen (secondary N) is 2. The van der Waals surface area contributed by atoms with Crippen LogP contribution in [0.1, 0.15) is 12.6 Å². The van der Waals surface area contributed by atoms with Crippen LogP contribution < -0.4 is 16.6 Å². The Balaban J connectivity index is 2.37. The lowest BCUT2D eigenvalue weighted by molar-refractivity contribution is -0.147. The van der Waals surface area contributed by atoms with Gasteiger partial charge in [-0.3, -0.25) is 28.5 Å². The number of rotatable bonds is 10. The Morgan fingerprint density at radius 2 is 2.00 bits per heavy atom. The van der Waals surface area contributed by atoms with E-state index in [1.54, 1.807) is 0 Å². The summed E-state index contributed by atoms with van der Waals surface area (Å²) in [5, 5.41) is 11.1. The topological polar surface area (TPSA) is 244 Å². The van der Waals surface area contributed by atoms with E-state index in [1.807, 2.05) is 10.3 Å². The minimum absolute atomic E-state index is 0.726. The molecule has 0 bridgehead atoms. The second-order valence-corrected chi connectivity index (χ2v) is 9.96. The predicted molar refractivity (Wildman–Crippen MR) is 110 cm³/mol. The van der Waals surface area contributed by atoms with E-state index in [0.717, 1.165) is 23.9 Å². The summed E-state index contributed by atoms with van der Waals surface area (Å²) in [5.41, 5.74) is -3.40. The zero-order valence-electron chi connectivity index (χ0n) is 16.5. The second-order valence-electron chi connectivity index (χ2n) is 6.55. The fraction of sp³-hybridized carbons (Fsp3) is 0.500. The molecule has 1 aromatic rings. The number of methoxy groups -OCH3 is 1. The largest absolute Gasteiger partial charge is 0.480 e. The molecule has 1 aromatic heterocycles. The van der Waals surface area contributed by atoms with Gasteiger partial charge in [0, 0.05) is 25.8 Å². The minimum atomic E-state index is -5.26. The zero-order chi connectivity index (χ0) is 25.1. The number of carboxylic acids is 1. The number of aliphatic carboxylic acids is 1. The number of hydrogen-bond donors (Lipinski definition) is 6. The molecule has 1 saturated heterocycles. The van der Waals surface area contributed by atoms with Gasteiger partial charge in [0.25, 0.3) is 11.5 Å². The average Bonchev–Trinajstić information content (AvgIpc) is 3.03. The van der Waals surface area contributed by atoms with Crippen LogP contribution in [0.15, 0.2) is 21.9 Å². The monoisotopic (exact) mass is 531 g/mol. The Morgan fingerprint density at radius 1 is 1.36 bits per heavy atom. The molecule has 1 aliphatic heterocycles. The summed E-state index contributed by atoms with van der Waals surface area (Å²) in [7, 11) is -7.01. The average molecular weight is 531 g/mol. The predicted octanol–water partition coefficient (Wildman–Crippen LogP) is -3.00. The highest BCUT2D eigenvalue weighted by Gasteiger charge is 2.51. The number of carbonyl (C=O) groups excluding carboxylic acids is 2. The van der Waals surface area contributed by atoms with Gasteiger partial charge in [0.2, 0.25) is 5.52 Å². The molecule has 16 nitrogen and oxygen atoms in total. The van der Waals surface area contributed by atoms with Gasteiger partial charge in [-0.05, 0) is 11.8 Å². The summed E-state index contributed by atoms with van der Waals surface area (Å²) < 4.78 is 27.8. The van der Waals surface area contributed by atoms with Crippen molar-refractivity contribution in [2.75, 3.05) is 7.11 Å². The lowest BCUT2D eigenvalue weighted by atomic mass is 10.1.